The normalized spacial score (nSPS) is 15.0. The van der Waals surface area contributed by atoms with E-state index in [2.05, 4.69) is 4.98 Å². The average molecular weight is 334 g/mol. The highest BCUT2D eigenvalue weighted by atomic mass is 16.5. The molecule has 1 aliphatic rings. The lowest BCUT2D eigenvalue weighted by atomic mass is 9.99. The molecule has 1 atom stereocenters. The van der Waals surface area contributed by atoms with Crippen LogP contribution in [0.5, 0.6) is 0 Å². The predicted molar refractivity (Wildman–Crippen MR) is 90.1 cm³/mol. The molecule has 0 spiro atoms. The van der Waals surface area contributed by atoms with Gasteiger partial charge in [-0.05, 0) is 45.1 Å². The van der Waals surface area contributed by atoms with Gasteiger partial charge in [0.1, 0.15) is 5.69 Å². The largest absolute Gasteiger partial charge is 0.464 e. The number of rotatable bonds is 7. The molecule has 0 aromatic carbocycles. The molecule has 1 aliphatic carbocycles. The Morgan fingerprint density at radius 2 is 1.92 bits per heavy atom. The molecule has 1 N–H and O–H groups in total. The van der Waals surface area contributed by atoms with Gasteiger partial charge >= 0.3 is 5.97 Å². The second kappa shape index (κ2) is 7.20. The van der Waals surface area contributed by atoms with E-state index in [0.29, 0.717) is 41.4 Å². The van der Waals surface area contributed by atoms with Crippen molar-refractivity contribution >= 4 is 17.7 Å². The molecule has 24 heavy (non-hydrogen) atoms. The number of amides is 1. The number of ketones is 1. The molecule has 2 rings (SSSR count). The Kier molecular flexibility index (Phi) is 5.47. The van der Waals surface area contributed by atoms with Crippen molar-refractivity contribution in [1.82, 2.24) is 9.88 Å². The molecule has 1 amide bonds. The van der Waals surface area contributed by atoms with Gasteiger partial charge in [-0.15, -0.1) is 0 Å². The fourth-order valence-electron chi connectivity index (χ4n) is 3.03. The van der Waals surface area contributed by atoms with Gasteiger partial charge in [-0.25, -0.2) is 4.79 Å². The molecule has 1 aromatic rings. The van der Waals surface area contributed by atoms with Crippen LogP contribution in [0.15, 0.2) is 0 Å². The van der Waals surface area contributed by atoms with Crippen molar-refractivity contribution < 1.29 is 19.1 Å². The van der Waals surface area contributed by atoms with Crippen LogP contribution in [-0.2, 0) is 9.53 Å². The fraction of sp³-hybridized carbons (Fsp3) is 0.611. The van der Waals surface area contributed by atoms with E-state index in [1.807, 2.05) is 6.92 Å². The summed E-state index contributed by atoms with van der Waals surface area (Å²) in [5, 5.41) is 0. The highest BCUT2D eigenvalue weighted by Gasteiger charge is 2.34. The van der Waals surface area contributed by atoms with Crippen molar-refractivity contribution in [2.75, 3.05) is 13.7 Å². The van der Waals surface area contributed by atoms with E-state index in [4.69, 9.17) is 4.74 Å². The van der Waals surface area contributed by atoms with E-state index in [1.165, 1.54) is 7.11 Å². The van der Waals surface area contributed by atoms with Gasteiger partial charge in [0.2, 0.25) is 5.91 Å². The summed E-state index contributed by atoms with van der Waals surface area (Å²) in [4.78, 5) is 41.7. The van der Waals surface area contributed by atoms with Gasteiger partial charge in [-0.1, -0.05) is 6.92 Å². The summed E-state index contributed by atoms with van der Waals surface area (Å²) in [7, 11) is 1.30. The average Bonchev–Trinajstić information content (AvgIpc) is 3.34. The van der Waals surface area contributed by atoms with Crippen LogP contribution in [0.3, 0.4) is 0 Å². The molecule has 1 heterocycles. The lowest BCUT2D eigenvalue weighted by Crippen LogP contribution is -2.44. The second-order valence-electron chi connectivity index (χ2n) is 6.50. The fourth-order valence-corrected chi connectivity index (χ4v) is 3.03. The van der Waals surface area contributed by atoms with Gasteiger partial charge in [0.15, 0.2) is 5.78 Å². The number of H-pyrrole nitrogens is 1. The molecule has 132 valence electrons. The third-order valence-electron chi connectivity index (χ3n) is 4.69. The first kappa shape index (κ1) is 18.2. The Labute approximate surface area is 142 Å². The van der Waals surface area contributed by atoms with Crippen LogP contribution in [0.4, 0.5) is 0 Å². The quantitative estimate of drug-likeness (QED) is 0.614. The number of nitrogens with zero attached hydrogens (tertiary/aromatic N) is 1. The maximum atomic E-state index is 13.0. The van der Waals surface area contributed by atoms with Crippen LogP contribution in [0, 0.1) is 19.8 Å². The van der Waals surface area contributed by atoms with Crippen molar-refractivity contribution in [3.8, 4) is 0 Å². The summed E-state index contributed by atoms with van der Waals surface area (Å²) >= 11 is 0. The van der Waals surface area contributed by atoms with Crippen LogP contribution >= 0.6 is 0 Å². The molecule has 0 bridgehead atoms. The molecule has 1 saturated carbocycles. The summed E-state index contributed by atoms with van der Waals surface area (Å²) in [6.07, 6.45) is 2.61. The summed E-state index contributed by atoms with van der Waals surface area (Å²) < 4.78 is 4.74. The third-order valence-corrected chi connectivity index (χ3v) is 4.69. The van der Waals surface area contributed by atoms with Crippen molar-refractivity contribution in [3.63, 3.8) is 0 Å². The smallest absolute Gasteiger partial charge is 0.354 e. The molecular weight excluding hydrogens is 308 g/mol. The number of hydrogen-bond donors (Lipinski definition) is 1. The number of aromatic amines is 1. The van der Waals surface area contributed by atoms with Gasteiger partial charge in [0.25, 0.3) is 0 Å². The lowest BCUT2D eigenvalue weighted by Gasteiger charge is -2.28. The molecule has 6 heteroatoms. The van der Waals surface area contributed by atoms with E-state index in [1.54, 1.807) is 25.7 Å². The number of esters is 1. The lowest BCUT2D eigenvalue weighted by molar-refractivity contribution is -0.132. The number of aryl methyl sites for hydroxylation is 1. The van der Waals surface area contributed by atoms with Gasteiger partial charge in [0, 0.05) is 24.2 Å². The molecule has 0 saturated heterocycles. The predicted octanol–water partition coefficient (Wildman–Crippen LogP) is 2.64. The van der Waals surface area contributed by atoms with E-state index in [-0.39, 0.29) is 11.7 Å². The van der Waals surface area contributed by atoms with Crippen LogP contribution < -0.4 is 0 Å². The number of methoxy groups -OCH3 is 1. The van der Waals surface area contributed by atoms with Gasteiger partial charge in [0.05, 0.1) is 13.2 Å². The van der Waals surface area contributed by atoms with Gasteiger partial charge in [-0.3, -0.25) is 9.59 Å². The number of Topliss-reactive ketones (excluding diaryl/α,β-unsaturated/α-hetero) is 1. The van der Waals surface area contributed by atoms with Crippen molar-refractivity contribution in [3.05, 3.63) is 22.5 Å². The van der Waals surface area contributed by atoms with Gasteiger partial charge in [-0.2, -0.15) is 0 Å². The first-order valence-electron chi connectivity index (χ1n) is 8.42. The second-order valence-corrected chi connectivity index (χ2v) is 6.50. The number of hydrogen-bond acceptors (Lipinski definition) is 4. The highest BCUT2D eigenvalue weighted by molar-refractivity contribution is 6.06. The summed E-state index contributed by atoms with van der Waals surface area (Å²) in [6.45, 7) is 7.68. The van der Waals surface area contributed by atoms with Crippen molar-refractivity contribution in [1.29, 1.82) is 0 Å². The Morgan fingerprint density at radius 3 is 2.42 bits per heavy atom. The molecule has 6 nitrogen and oxygen atoms in total. The van der Waals surface area contributed by atoms with E-state index in [9.17, 15) is 14.4 Å². The van der Waals surface area contributed by atoms with Crippen LogP contribution in [0.25, 0.3) is 0 Å². The van der Waals surface area contributed by atoms with Crippen LogP contribution in [0.2, 0.25) is 0 Å². The van der Waals surface area contributed by atoms with Crippen LogP contribution in [-0.4, -0.2) is 47.2 Å². The summed E-state index contributed by atoms with van der Waals surface area (Å²) in [5.41, 5.74) is 1.97. The summed E-state index contributed by atoms with van der Waals surface area (Å²) in [5.74, 6) is -0.141. The standard InChI is InChI=1S/C18H26N2O4/c1-6-14(21)20(9-13-7-8-13)12(4)17(22)15-10(2)16(18(23)24-5)19-11(15)3/h12-13,19H,6-9H2,1-5H3/t12-/m0/s1. The maximum Gasteiger partial charge on any atom is 0.354 e. The molecule has 0 aliphatic heterocycles. The Balaban J connectivity index is 2.30. The van der Waals surface area contributed by atoms with Gasteiger partial charge < -0.3 is 14.6 Å². The number of carbonyl (C=O) groups excluding carboxylic acids is 3. The minimum absolute atomic E-state index is 0.0122. The van der Waals surface area contributed by atoms with E-state index < -0.39 is 12.0 Å². The van der Waals surface area contributed by atoms with Crippen LogP contribution in [0.1, 0.15) is 65.2 Å². The van der Waals surface area contributed by atoms with Crippen molar-refractivity contribution in [2.45, 2.75) is 53.0 Å². The molecule has 1 fully saturated rings. The zero-order valence-electron chi connectivity index (χ0n) is 15.1. The first-order valence-corrected chi connectivity index (χ1v) is 8.42. The number of ether oxygens (including phenoxy) is 1. The number of nitrogens with one attached hydrogen (secondary N) is 1. The third kappa shape index (κ3) is 3.52. The molecule has 0 radical (unpaired) electrons. The van der Waals surface area contributed by atoms with E-state index >= 15 is 0 Å². The highest BCUT2D eigenvalue weighted by Crippen LogP contribution is 2.31. The zero-order valence-corrected chi connectivity index (χ0v) is 15.1. The number of carbonyl (C=O) groups is 3. The Hall–Kier alpha value is -2.11. The maximum absolute atomic E-state index is 13.0. The number of aromatic nitrogens is 1. The monoisotopic (exact) mass is 334 g/mol. The summed E-state index contributed by atoms with van der Waals surface area (Å²) in [6, 6.07) is -0.545. The topological polar surface area (TPSA) is 79.5 Å². The molecule has 0 unspecified atom stereocenters. The van der Waals surface area contributed by atoms with Crippen molar-refractivity contribution in [2.24, 2.45) is 5.92 Å². The Bertz CT molecular complexity index is 658. The van der Waals surface area contributed by atoms with E-state index in [0.717, 1.165) is 12.8 Å². The SMILES string of the molecule is CCC(=O)N(CC1CC1)[C@@H](C)C(=O)c1c(C)[nH]c(C(=O)OC)c1C. The molecular formula is C18H26N2O4. The minimum Gasteiger partial charge on any atom is -0.464 e. The molecule has 1 aromatic heterocycles. The zero-order chi connectivity index (χ0) is 18.0. The minimum atomic E-state index is -0.545. The Morgan fingerprint density at radius 1 is 1.29 bits per heavy atom. The first-order chi connectivity index (χ1) is 11.3.